The Kier molecular flexibility index (Phi) is 2.76. The zero-order valence-electron chi connectivity index (χ0n) is 9.84. The number of allylic oxidation sites excluding steroid dienone is 2. The molecule has 2 aliphatic rings. The summed E-state index contributed by atoms with van der Waals surface area (Å²) >= 11 is 0. The lowest BCUT2D eigenvalue weighted by molar-refractivity contribution is 0.658. The van der Waals surface area contributed by atoms with E-state index in [9.17, 15) is 0 Å². The van der Waals surface area contributed by atoms with Crippen molar-refractivity contribution in [2.45, 2.75) is 39.5 Å². The molecule has 1 atom stereocenters. The molecule has 0 bridgehead atoms. The first kappa shape index (κ1) is 10.6. The fraction of sp³-hybridized carbons (Fsp3) is 0.692. The standard InChI is InChI=1S/C13H20N2/c1-4-10-6-7-13(8-11(10)13)12(9-14-3)15-5-2/h3-9H2,1-2H3/b15-12+. The van der Waals surface area contributed by atoms with E-state index in [-0.39, 0.29) is 0 Å². The fourth-order valence-electron chi connectivity index (χ4n) is 2.94. The number of fused-ring (bicyclic) bond motifs is 1. The van der Waals surface area contributed by atoms with E-state index in [1.165, 1.54) is 31.4 Å². The summed E-state index contributed by atoms with van der Waals surface area (Å²) in [6.07, 6.45) is 5.04. The van der Waals surface area contributed by atoms with Gasteiger partial charge < -0.3 is 0 Å². The summed E-state index contributed by atoms with van der Waals surface area (Å²) in [5.41, 5.74) is 5.00. The molecule has 1 unspecified atom stereocenters. The second kappa shape index (κ2) is 3.92. The zero-order valence-corrected chi connectivity index (χ0v) is 9.84. The van der Waals surface area contributed by atoms with Crippen molar-refractivity contribution >= 4 is 12.4 Å². The molecule has 0 saturated heterocycles. The SMILES string of the molecule is C=NC/C(=N\CC)C12CCC(CC)=C1C2. The van der Waals surface area contributed by atoms with Crippen molar-refractivity contribution in [2.24, 2.45) is 15.4 Å². The molecule has 0 heterocycles. The number of hydrogen-bond acceptors (Lipinski definition) is 2. The van der Waals surface area contributed by atoms with Crippen LogP contribution in [0.1, 0.15) is 39.5 Å². The van der Waals surface area contributed by atoms with Crippen LogP contribution >= 0.6 is 0 Å². The van der Waals surface area contributed by atoms with E-state index in [0.29, 0.717) is 5.41 Å². The molecule has 0 amide bonds. The summed E-state index contributed by atoms with van der Waals surface area (Å²) in [5.74, 6) is 0. The summed E-state index contributed by atoms with van der Waals surface area (Å²) in [6.45, 7) is 9.56. The molecular weight excluding hydrogens is 184 g/mol. The summed E-state index contributed by atoms with van der Waals surface area (Å²) < 4.78 is 0. The molecular formula is C13H20N2. The van der Waals surface area contributed by atoms with Crippen molar-refractivity contribution in [1.82, 2.24) is 0 Å². The Morgan fingerprint density at radius 2 is 2.27 bits per heavy atom. The molecule has 2 rings (SSSR count). The first-order valence-corrected chi connectivity index (χ1v) is 5.96. The Hall–Kier alpha value is -0.920. The molecule has 0 radical (unpaired) electrons. The van der Waals surface area contributed by atoms with Crippen molar-refractivity contribution < 1.29 is 0 Å². The second-order valence-corrected chi connectivity index (χ2v) is 4.50. The quantitative estimate of drug-likeness (QED) is 0.486. The Morgan fingerprint density at radius 3 is 2.73 bits per heavy atom. The molecule has 0 aliphatic heterocycles. The fourth-order valence-corrected chi connectivity index (χ4v) is 2.94. The van der Waals surface area contributed by atoms with Gasteiger partial charge >= 0.3 is 0 Å². The summed E-state index contributed by atoms with van der Waals surface area (Å²) in [6, 6.07) is 0. The summed E-state index contributed by atoms with van der Waals surface area (Å²) in [4.78, 5) is 8.65. The molecule has 0 aromatic carbocycles. The molecule has 82 valence electrons. The maximum atomic E-state index is 4.63. The average Bonchev–Trinajstić information content (AvgIpc) is 2.87. The van der Waals surface area contributed by atoms with E-state index in [4.69, 9.17) is 0 Å². The molecule has 0 aromatic rings. The molecule has 1 saturated carbocycles. The summed E-state index contributed by atoms with van der Waals surface area (Å²) in [5, 5.41) is 0. The normalized spacial score (nSPS) is 29.3. The van der Waals surface area contributed by atoms with Gasteiger partial charge in [-0.05, 0) is 39.3 Å². The van der Waals surface area contributed by atoms with E-state index < -0.39 is 0 Å². The number of hydrogen-bond donors (Lipinski definition) is 0. The van der Waals surface area contributed by atoms with Crippen molar-refractivity contribution in [3.8, 4) is 0 Å². The van der Waals surface area contributed by atoms with Crippen LogP contribution in [0, 0.1) is 5.41 Å². The maximum Gasteiger partial charge on any atom is 0.0769 e. The van der Waals surface area contributed by atoms with Gasteiger partial charge in [-0.25, -0.2) is 0 Å². The highest BCUT2D eigenvalue weighted by Gasteiger charge is 2.56. The molecule has 2 aliphatic carbocycles. The third-order valence-corrected chi connectivity index (χ3v) is 3.80. The van der Waals surface area contributed by atoms with Gasteiger partial charge in [-0.1, -0.05) is 18.1 Å². The Morgan fingerprint density at radius 1 is 1.47 bits per heavy atom. The average molecular weight is 204 g/mol. The van der Waals surface area contributed by atoms with Gasteiger partial charge in [0.05, 0.1) is 6.54 Å². The van der Waals surface area contributed by atoms with Crippen LogP contribution in [0.5, 0.6) is 0 Å². The van der Waals surface area contributed by atoms with Crippen LogP contribution in [-0.2, 0) is 0 Å². The Bertz CT molecular complexity index is 338. The van der Waals surface area contributed by atoms with Gasteiger partial charge in [0.2, 0.25) is 0 Å². The van der Waals surface area contributed by atoms with Gasteiger partial charge in [0, 0.05) is 17.7 Å². The lowest BCUT2D eigenvalue weighted by atomic mass is 9.96. The molecule has 1 fully saturated rings. The second-order valence-electron chi connectivity index (χ2n) is 4.50. The number of aliphatic imine (C=N–C) groups is 2. The predicted octanol–water partition coefficient (Wildman–Crippen LogP) is 3.04. The monoisotopic (exact) mass is 204 g/mol. The topological polar surface area (TPSA) is 24.7 Å². The number of rotatable bonds is 5. The van der Waals surface area contributed by atoms with E-state index in [1.807, 2.05) is 0 Å². The highest BCUT2D eigenvalue weighted by atomic mass is 14.8. The van der Waals surface area contributed by atoms with Gasteiger partial charge in [-0.15, -0.1) is 0 Å². The third kappa shape index (κ3) is 1.56. The van der Waals surface area contributed by atoms with Gasteiger partial charge in [-0.2, -0.15) is 0 Å². The van der Waals surface area contributed by atoms with Crippen LogP contribution in [0.4, 0.5) is 0 Å². The lowest BCUT2D eigenvalue weighted by Gasteiger charge is -2.12. The van der Waals surface area contributed by atoms with Crippen LogP contribution in [0.2, 0.25) is 0 Å². The molecule has 0 spiro atoms. The maximum absolute atomic E-state index is 4.63. The van der Waals surface area contributed by atoms with Crippen LogP contribution in [0.3, 0.4) is 0 Å². The minimum atomic E-state index is 0.350. The highest BCUT2D eigenvalue weighted by molar-refractivity contribution is 6.00. The van der Waals surface area contributed by atoms with Crippen molar-refractivity contribution in [3.63, 3.8) is 0 Å². The van der Waals surface area contributed by atoms with Crippen molar-refractivity contribution in [1.29, 1.82) is 0 Å². The first-order chi connectivity index (χ1) is 7.28. The number of nitrogens with zero attached hydrogens (tertiary/aromatic N) is 2. The van der Waals surface area contributed by atoms with E-state index in [0.717, 1.165) is 13.1 Å². The van der Waals surface area contributed by atoms with Gasteiger partial charge in [0.15, 0.2) is 0 Å². The summed E-state index contributed by atoms with van der Waals surface area (Å²) in [7, 11) is 0. The first-order valence-electron chi connectivity index (χ1n) is 5.96. The smallest absolute Gasteiger partial charge is 0.0769 e. The molecule has 15 heavy (non-hydrogen) atoms. The molecule has 0 N–H and O–H groups in total. The van der Waals surface area contributed by atoms with Gasteiger partial charge in [0.1, 0.15) is 0 Å². The predicted molar refractivity (Wildman–Crippen MR) is 66.0 cm³/mol. The molecule has 2 heteroatoms. The van der Waals surface area contributed by atoms with Crippen molar-refractivity contribution in [2.75, 3.05) is 13.1 Å². The third-order valence-electron chi connectivity index (χ3n) is 3.80. The zero-order chi connectivity index (χ0) is 10.9. The van der Waals surface area contributed by atoms with E-state index >= 15 is 0 Å². The Balaban J connectivity index is 2.22. The van der Waals surface area contributed by atoms with Crippen LogP contribution in [0.15, 0.2) is 21.1 Å². The van der Waals surface area contributed by atoms with E-state index in [1.54, 1.807) is 11.1 Å². The van der Waals surface area contributed by atoms with Crippen LogP contribution in [0.25, 0.3) is 0 Å². The molecule has 0 aromatic heterocycles. The minimum absolute atomic E-state index is 0.350. The van der Waals surface area contributed by atoms with Crippen LogP contribution < -0.4 is 0 Å². The van der Waals surface area contributed by atoms with Gasteiger partial charge in [-0.3, -0.25) is 9.98 Å². The van der Waals surface area contributed by atoms with E-state index in [2.05, 4.69) is 30.5 Å². The lowest BCUT2D eigenvalue weighted by Crippen LogP contribution is -2.18. The van der Waals surface area contributed by atoms with Crippen molar-refractivity contribution in [3.05, 3.63) is 11.1 Å². The van der Waals surface area contributed by atoms with Crippen LogP contribution in [-0.4, -0.2) is 25.5 Å². The minimum Gasteiger partial charge on any atom is -0.295 e. The Labute approximate surface area is 92.2 Å². The largest absolute Gasteiger partial charge is 0.295 e. The molecule has 2 nitrogen and oxygen atoms in total. The van der Waals surface area contributed by atoms with Gasteiger partial charge in [0.25, 0.3) is 0 Å². The highest BCUT2D eigenvalue weighted by Crippen LogP contribution is 2.64.